The Morgan fingerprint density at radius 2 is 2.00 bits per heavy atom. The molecule has 0 atom stereocenters. The summed E-state index contributed by atoms with van der Waals surface area (Å²) in [5.41, 5.74) is 0. The fraction of sp³-hybridized carbons (Fsp3) is 1.00. The molecule has 0 spiro atoms. The van der Waals surface area contributed by atoms with Gasteiger partial charge in [-0.05, 0) is 6.42 Å². The van der Waals surface area contributed by atoms with Crippen molar-refractivity contribution in [3.8, 4) is 0 Å². The zero-order chi connectivity index (χ0) is 4.12. The maximum absolute atomic E-state index is 9.37. The fourth-order valence-corrected chi connectivity index (χ4v) is 0.0645. The Bertz CT molecular complexity index is 16.3. The van der Waals surface area contributed by atoms with Crippen LogP contribution in [0.4, 0.5) is 0 Å². The Morgan fingerprint density at radius 3 is 2.00 bits per heavy atom. The first-order chi connectivity index (χ1) is 2.41. The number of rotatable bonds is 2. The van der Waals surface area contributed by atoms with E-state index in [0.717, 1.165) is 0 Å². The van der Waals surface area contributed by atoms with Crippen molar-refractivity contribution in [1.82, 2.24) is 0 Å². The fourth-order valence-electron chi connectivity index (χ4n) is 0.0645. The molecule has 32 valence electrons. The molecule has 0 fully saturated rings. The smallest absolute Gasteiger partial charge is 0.854 e. The molecular formula is C3H7KO2. The average molecular weight is 114 g/mol. The SMILES string of the molecule is [K+].[O-]CCCO. The monoisotopic (exact) mass is 114 g/mol. The molecule has 0 amide bonds. The molecule has 6 heavy (non-hydrogen) atoms. The molecule has 0 bridgehead atoms. The Labute approximate surface area is 80.0 Å². The normalized spacial score (nSPS) is 7.00. The van der Waals surface area contributed by atoms with Crippen LogP contribution in [0.25, 0.3) is 0 Å². The first-order valence-electron chi connectivity index (χ1n) is 1.60. The minimum absolute atomic E-state index is 0. The third-order valence-corrected chi connectivity index (χ3v) is 0.302. The molecule has 0 aromatic carbocycles. The molecule has 0 radical (unpaired) electrons. The van der Waals surface area contributed by atoms with Crippen LogP contribution in [0.15, 0.2) is 0 Å². The van der Waals surface area contributed by atoms with Crippen LogP contribution in [0.3, 0.4) is 0 Å². The van der Waals surface area contributed by atoms with Crippen molar-refractivity contribution in [2.45, 2.75) is 6.42 Å². The summed E-state index contributed by atoms with van der Waals surface area (Å²) < 4.78 is 0. The number of hydrogen-bond donors (Lipinski definition) is 1. The maximum Gasteiger partial charge on any atom is 1.00 e. The van der Waals surface area contributed by atoms with Crippen molar-refractivity contribution >= 4 is 0 Å². The largest absolute Gasteiger partial charge is 1.00 e. The average Bonchev–Trinajstić information content (AvgIpc) is 1.41. The molecule has 2 nitrogen and oxygen atoms in total. The van der Waals surface area contributed by atoms with Crippen molar-refractivity contribution in [2.75, 3.05) is 13.2 Å². The van der Waals surface area contributed by atoms with E-state index in [9.17, 15) is 5.11 Å². The van der Waals surface area contributed by atoms with Crippen LogP contribution >= 0.6 is 0 Å². The minimum Gasteiger partial charge on any atom is -0.854 e. The molecule has 0 aromatic heterocycles. The Balaban J connectivity index is 0. The molecule has 0 unspecified atom stereocenters. The standard InChI is InChI=1S/C3H7O2.K/c4-2-1-3-5;/h4H,1-3H2;/q-1;+1. The molecule has 0 aliphatic heterocycles. The molecule has 0 heterocycles. The Morgan fingerprint density at radius 1 is 1.50 bits per heavy atom. The van der Waals surface area contributed by atoms with Crippen molar-refractivity contribution in [1.29, 1.82) is 0 Å². The summed E-state index contributed by atoms with van der Waals surface area (Å²) in [6.07, 6.45) is 0.389. The zero-order valence-corrected chi connectivity index (χ0v) is 7.10. The summed E-state index contributed by atoms with van der Waals surface area (Å²) in [7, 11) is 0. The van der Waals surface area contributed by atoms with Gasteiger partial charge in [0, 0.05) is 6.61 Å². The van der Waals surface area contributed by atoms with Crippen LogP contribution in [0.2, 0.25) is 0 Å². The van der Waals surface area contributed by atoms with Gasteiger partial charge < -0.3 is 10.2 Å². The van der Waals surface area contributed by atoms with E-state index in [1.54, 1.807) is 0 Å². The van der Waals surface area contributed by atoms with Crippen molar-refractivity contribution in [3.05, 3.63) is 0 Å². The third kappa shape index (κ3) is 9.12. The van der Waals surface area contributed by atoms with E-state index >= 15 is 0 Å². The van der Waals surface area contributed by atoms with E-state index in [4.69, 9.17) is 5.11 Å². The van der Waals surface area contributed by atoms with Crippen LogP contribution < -0.4 is 56.5 Å². The molecule has 3 heteroatoms. The van der Waals surface area contributed by atoms with Crippen molar-refractivity contribution < 1.29 is 61.6 Å². The molecule has 0 aromatic rings. The topological polar surface area (TPSA) is 43.3 Å². The molecular weight excluding hydrogens is 107 g/mol. The minimum atomic E-state index is -0.156. The zero-order valence-electron chi connectivity index (χ0n) is 3.98. The summed E-state index contributed by atoms with van der Waals surface area (Å²) in [6.45, 7) is -0.125. The van der Waals surface area contributed by atoms with Gasteiger partial charge in [0.2, 0.25) is 0 Å². The second-order valence-electron chi connectivity index (χ2n) is 0.781. The molecule has 0 saturated heterocycles. The van der Waals surface area contributed by atoms with E-state index in [1.807, 2.05) is 0 Å². The molecule has 0 saturated carbocycles. The van der Waals surface area contributed by atoms with E-state index in [2.05, 4.69) is 0 Å². The van der Waals surface area contributed by atoms with Gasteiger partial charge in [-0.25, -0.2) is 0 Å². The first-order valence-corrected chi connectivity index (χ1v) is 1.60. The van der Waals surface area contributed by atoms with E-state index in [1.165, 1.54) is 0 Å². The molecule has 0 rings (SSSR count). The molecule has 0 aliphatic rings. The van der Waals surface area contributed by atoms with Gasteiger partial charge >= 0.3 is 51.4 Å². The van der Waals surface area contributed by atoms with E-state index < -0.39 is 0 Å². The second kappa shape index (κ2) is 9.75. The first kappa shape index (κ1) is 10.5. The van der Waals surface area contributed by atoms with E-state index in [0.29, 0.717) is 6.42 Å². The molecule has 1 N–H and O–H groups in total. The van der Waals surface area contributed by atoms with Gasteiger partial charge in [-0.15, -0.1) is 6.61 Å². The Hall–Kier alpha value is 1.56. The molecule has 0 aliphatic carbocycles. The van der Waals surface area contributed by atoms with Crippen LogP contribution in [0.1, 0.15) is 6.42 Å². The summed E-state index contributed by atoms with van der Waals surface area (Å²) >= 11 is 0. The number of hydrogen-bond acceptors (Lipinski definition) is 2. The van der Waals surface area contributed by atoms with Gasteiger partial charge in [0.05, 0.1) is 0 Å². The predicted molar refractivity (Wildman–Crippen MR) is 16.6 cm³/mol. The summed E-state index contributed by atoms with van der Waals surface area (Å²) in [5, 5.41) is 17.2. The van der Waals surface area contributed by atoms with Crippen molar-refractivity contribution in [3.63, 3.8) is 0 Å². The van der Waals surface area contributed by atoms with Gasteiger partial charge in [0.25, 0.3) is 0 Å². The number of aliphatic hydroxyl groups is 1. The van der Waals surface area contributed by atoms with Gasteiger partial charge in [-0.3, -0.25) is 0 Å². The van der Waals surface area contributed by atoms with Gasteiger partial charge in [0.15, 0.2) is 0 Å². The third-order valence-electron chi connectivity index (χ3n) is 0.302. The predicted octanol–water partition coefficient (Wildman–Crippen LogP) is -4.27. The summed E-state index contributed by atoms with van der Waals surface area (Å²) in [4.78, 5) is 0. The van der Waals surface area contributed by atoms with Gasteiger partial charge in [-0.1, -0.05) is 0 Å². The van der Waals surface area contributed by atoms with Crippen LogP contribution in [-0.4, -0.2) is 18.3 Å². The summed E-state index contributed by atoms with van der Waals surface area (Å²) in [5.74, 6) is 0. The van der Waals surface area contributed by atoms with Gasteiger partial charge in [-0.2, -0.15) is 0 Å². The van der Waals surface area contributed by atoms with Gasteiger partial charge in [0.1, 0.15) is 0 Å². The Kier molecular flexibility index (Phi) is 17.1. The van der Waals surface area contributed by atoms with E-state index in [-0.39, 0.29) is 64.6 Å². The van der Waals surface area contributed by atoms with Crippen LogP contribution in [-0.2, 0) is 0 Å². The maximum atomic E-state index is 9.37. The number of aliphatic hydroxyl groups excluding tert-OH is 1. The summed E-state index contributed by atoms with van der Waals surface area (Å²) in [6, 6.07) is 0. The van der Waals surface area contributed by atoms with Crippen LogP contribution in [0.5, 0.6) is 0 Å². The second-order valence-corrected chi connectivity index (χ2v) is 0.781. The van der Waals surface area contributed by atoms with Crippen molar-refractivity contribution in [2.24, 2.45) is 0 Å². The quantitative estimate of drug-likeness (QED) is 0.369. The van der Waals surface area contributed by atoms with Crippen LogP contribution in [0, 0.1) is 0 Å².